The predicted molar refractivity (Wildman–Crippen MR) is 101 cm³/mol. The van der Waals surface area contributed by atoms with Crippen LogP contribution >= 0.6 is 11.8 Å². The summed E-state index contributed by atoms with van der Waals surface area (Å²) in [6, 6.07) is 0. The fraction of sp³-hybridized carbons (Fsp3) is 0.765. The van der Waals surface area contributed by atoms with Crippen LogP contribution < -0.4 is 11.4 Å². The van der Waals surface area contributed by atoms with Gasteiger partial charge >= 0.3 is 11.7 Å². The molecule has 0 saturated carbocycles. The van der Waals surface area contributed by atoms with Crippen LogP contribution in [0.2, 0.25) is 0 Å². The molecule has 0 radical (unpaired) electrons. The molecule has 2 heterocycles. The van der Waals surface area contributed by atoms with Crippen LogP contribution in [0, 0.1) is 10.8 Å². The number of nitrogen functional groups attached to an aromatic ring is 1. The first kappa shape index (κ1) is 20.7. The van der Waals surface area contributed by atoms with Crippen LogP contribution in [0.4, 0.5) is 5.95 Å². The Labute approximate surface area is 157 Å². The maximum Gasteiger partial charge on any atom is 0.353 e. The molecule has 0 bridgehead atoms. The quantitative estimate of drug-likeness (QED) is 0.734. The van der Waals surface area contributed by atoms with Crippen LogP contribution in [-0.4, -0.2) is 43.6 Å². The lowest BCUT2D eigenvalue weighted by atomic mass is 9.76. The highest BCUT2D eigenvalue weighted by Gasteiger charge is 2.38. The van der Waals surface area contributed by atoms with Crippen molar-refractivity contribution in [3.63, 3.8) is 0 Å². The smallest absolute Gasteiger partial charge is 0.353 e. The summed E-state index contributed by atoms with van der Waals surface area (Å²) in [7, 11) is 0. The third-order valence-electron chi connectivity index (χ3n) is 4.16. The molecule has 0 aliphatic carbocycles. The third-order valence-corrected chi connectivity index (χ3v) is 5.70. The monoisotopic (exact) mass is 384 g/mol. The van der Waals surface area contributed by atoms with E-state index in [0.29, 0.717) is 12.8 Å². The number of hydrogen-bond donors (Lipinski definition) is 2. The Bertz CT molecular complexity index is 713. The molecule has 1 aromatic rings. The number of nitrogens with zero attached hydrogens (tertiary/aromatic N) is 3. The number of hydrogen-bond acceptors (Lipinski definition) is 8. The molecule has 0 amide bonds. The average Bonchev–Trinajstić information content (AvgIpc) is 2.83. The van der Waals surface area contributed by atoms with E-state index >= 15 is 0 Å². The summed E-state index contributed by atoms with van der Waals surface area (Å²) in [5.74, 6) is -0.363. The minimum Gasteiger partial charge on any atom is -0.464 e. The first-order valence-electron chi connectivity index (χ1n) is 8.60. The zero-order valence-electron chi connectivity index (χ0n) is 15.9. The van der Waals surface area contributed by atoms with E-state index in [0.717, 1.165) is 0 Å². The summed E-state index contributed by atoms with van der Waals surface area (Å²) >= 11 is 1.37. The molecule has 9 heteroatoms. The van der Waals surface area contributed by atoms with Gasteiger partial charge in [-0.3, -0.25) is 9.36 Å². The van der Waals surface area contributed by atoms with Gasteiger partial charge in [-0.25, -0.2) is 9.78 Å². The number of aromatic nitrogens is 3. The standard InChI is InChI=1S/C17H28N4O4S/c1-16(2,3)8-17(4,5)13(23)25-7-11-10(22)6-12(26-11)21-9-19-14(18)20-15(21)24/h9-12,22H,6-8H2,1-5H3,(H2,18,20,24)/t10-,11-,12-/m1/s1. The molecule has 146 valence electrons. The van der Waals surface area contributed by atoms with E-state index in [9.17, 15) is 14.7 Å². The highest BCUT2D eigenvalue weighted by Crippen LogP contribution is 2.41. The molecule has 1 saturated heterocycles. The van der Waals surface area contributed by atoms with Gasteiger partial charge in [0, 0.05) is 6.42 Å². The van der Waals surface area contributed by atoms with Gasteiger partial charge in [-0.15, -0.1) is 11.8 Å². The third kappa shape index (κ3) is 5.20. The average molecular weight is 385 g/mol. The lowest BCUT2D eigenvalue weighted by molar-refractivity contribution is -0.156. The largest absolute Gasteiger partial charge is 0.464 e. The number of anilines is 1. The Balaban J connectivity index is 1.96. The Kier molecular flexibility index (Phi) is 6.02. The maximum absolute atomic E-state index is 12.4. The van der Waals surface area contributed by atoms with Crippen molar-refractivity contribution in [3.8, 4) is 0 Å². The summed E-state index contributed by atoms with van der Waals surface area (Å²) in [5, 5.41) is 9.65. The van der Waals surface area contributed by atoms with Crippen LogP contribution in [0.25, 0.3) is 0 Å². The lowest BCUT2D eigenvalue weighted by Crippen LogP contribution is -2.34. The number of nitrogens with two attached hydrogens (primary N) is 1. The second-order valence-electron chi connectivity index (χ2n) is 8.56. The Morgan fingerprint density at radius 1 is 1.42 bits per heavy atom. The normalized spacial score (nSPS) is 23.8. The summed E-state index contributed by atoms with van der Waals surface area (Å²) < 4.78 is 6.83. The fourth-order valence-corrected chi connectivity index (χ4v) is 4.77. The minimum absolute atomic E-state index is 0.00552. The summed E-state index contributed by atoms with van der Waals surface area (Å²) in [5.41, 5.74) is 4.29. The van der Waals surface area contributed by atoms with Gasteiger partial charge in [0.1, 0.15) is 12.9 Å². The van der Waals surface area contributed by atoms with E-state index in [1.165, 1.54) is 22.7 Å². The fourth-order valence-electron chi connectivity index (χ4n) is 3.34. The number of carbonyl (C=O) groups excluding carboxylic acids is 1. The topological polar surface area (TPSA) is 120 Å². The van der Waals surface area contributed by atoms with Crippen LogP contribution in [-0.2, 0) is 9.53 Å². The maximum atomic E-state index is 12.4. The van der Waals surface area contributed by atoms with Gasteiger partial charge in [0.05, 0.1) is 22.1 Å². The zero-order chi connectivity index (χ0) is 19.7. The molecular weight excluding hydrogens is 356 g/mol. The SMILES string of the molecule is CC(C)(C)CC(C)(C)C(=O)OC[C@H]1S[C@@H](n2cnc(N)nc2=O)C[C@H]1O. The Hall–Kier alpha value is -1.61. The van der Waals surface area contributed by atoms with Gasteiger partial charge in [0.2, 0.25) is 5.95 Å². The molecule has 1 fully saturated rings. The van der Waals surface area contributed by atoms with E-state index in [-0.39, 0.29) is 34.6 Å². The number of rotatable bonds is 5. The number of aliphatic hydroxyl groups excluding tert-OH is 1. The minimum atomic E-state index is -0.687. The molecule has 1 aliphatic heterocycles. The number of thioether (sulfide) groups is 1. The lowest BCUT2D eigenvalue weighted by Gasteiger charge is -2.30. The molecule has 3 N–H and O–H groups in total. The molecule has 26 heavy (non-hydrogen) atoms. The zero-order valence-corrected chi connectivity index (χ0v) is 16.7. The van der Waals surface area contributed by atoms with Crippen LogP contribution in [0.3, 0.4) is 0 Å². The summed E-state index contributed by atoms with van der Waals surface area (Å²) in [6.07, 6.45) is 1.69. The Morgan fingerprint density at radius 2 is 2.08 bits per heavy atom. The molecule has 8 nitrogen and oxygen atoms in total. The van der Waals surface area contributed by atoms with Gasteiger partial charge in [-0.1, -0.05) is 20.8 Å². The van der Waals surface area contributed by atoms with Crippen molar-refractivity contribution in [2.75, 3.05) is 12.3 Å². The summed E-state index contributed by atoms with van der Waals surface area (Å²) in [6.45, 7) is 10.1. The van der Waals surface area contributed by atoms with Crippen LogP contribution in [0.15, 0.2) is 11.1 Å². The number of carbonyl (C=O) groups is 1. The van der Waals surface area contributed by atoms with E-state index in [1.54, 1.807) is 0 Å². The van der Waals surface area contributed by atoms with Gasteiger partial charge in [0.15, 0.2) is 0 Å². The van der Waals surface area contributed by atoms with Crippen molar-refractivity contribution >= 4 is 23.7 Å². The highest BCUT2D eigenvalue weighted by atomic mass is 32.2. The van der Waals surface area contributed by atoms with Crippen LogP contribution in [0.5, 0.6) is 0 Å². The molecule has 1 aromatic heterocycles. The van der Waals surface area contributed by atoms with Gasteiger partial charge < -0.3 is 15.6 Å². The predicted octanol–water partition coefficient (Wildman–Crippen LogP) is 1.59. The molecule has 1 aliphatic rings. The number of ether oxygens (including phenoxy) is 1. The highest BCUT2D eigenvalue weighted by molar-refractivity contribution is 8.00. The van der Waals surface area contributed by atoms with E-state index in [2.05, 4.69) is 30.7 Å². The molecule has 3 atom stereocenters. The molecule has 0 spiro atoms. The second kappa shape index (κ2) is 7.56. The first-order chi connectivity index (χ1) is 11.9. The van der Waals surface area contributed by atoms with Gasteiger partial charge in [-0.2, -0.15) is 4.98 Å². The van der Waals surface area contributed by atoms with Crippen molar-refractivity contribution in [1.29, 1.82) is 0 Å². The van der Waals surface area contributed by atoms with Crippen molar-refractivity contribution in [3.05, 3.63) is 16.8 Å². The molecule has 0 aromatic carbocycles. The van der Waals surface area contributed by atoms with Crippen molar-refractivity contribution < 1.29 is 14.6 Å². The Morgan fingerprint density at radius 3 is 2.65 bits per heavy atom. The van der Waals surface area contributed by atoms with E-state index < -0.39 is 17.2 Å². The van der Waals surface area contributed by atoms with Gasteiger partial charge in [0.25, 0.3) is 0 Å². The van der Waals surface area contributed by atoms with E-state index in [4.69, 9.17) is 10.5 Å². The van der Waals surface area contributed by atoms with E-state index in [1.807, 2.05) is 13.8 Å². The van der Waals surface area contributed by atoms with Crippen LogP contribution in [0.1, 0.15) is 52.8 Å². The van der Waals surface area contributed by atoms with Gasteiger partial charge in [-0.05, 0) is 25.7 Å². The first-order valence-corrected chi connectivity index (χ1v) is 9.55. The number of esters is 1. The number of aliphatic hydroxyl groups is 1. The van der Waals surface area contributed by atoms with Crippen molar-refractivity contribution in [2.45, 2.75) is 64.2 Å². The second-order valence-corrected chi connectivity index (χ2v) is 9.98. The molecular formula is C17H28N4O4S. The molecule has 2 rings (SSSR count). The molecule has 0 unspecified atom stereocenters. The van der Waals surface area contributed by atoms with Crippen molar-refractivity contribution in [1.82, 2.24) is 14.5 Å². The summed E-state index contributed by atoms with van der Waals surface area (Å²) in [4.78, 5) is 31.8. The van der Waals surface area contributed by atoms with Crippen molar-refractivity contribution in [2.24, 2.45) is 10.8 Å².